The van der Waals surface area contributed by atoms with Gasteiger partial charge in [0.25, 0.3) is 0 Å². The second kappa shape index (κ2) is 8.92. The molecule has 0 spiro atoms. The first kappa shape index (κ1) is 20.8. The van der Waals surface area contributed by atoms with Gasteiger partial charge in [-0.2, -0.15) is 5.10 Å². The van der Waals surface area contributed by atoms with Gasteiger partial charge in [0.05, 0.1) is 25.0 Å². The summed E-state index contributed by atoms with van der Waals surface area (Å²) in [4.78, 5) is 25.8. The van der Waals surface area contributed by atoms with E-state index in [4.69, 9.17) is 27.9 Å². The first-order chi connectivity index (χ1) is 12.7. The Morgan fingerprint density at radius 2 is 2.07 bits per heavy atom. The Kier molecular flexibility index (Phi) is 6.87. The molecule has 0 aliphatic rings. The number of carbonyl (C=O) groups is 2. The summed E-state index contributed by atoms with van der Waals surface area (Å²) in [6.07, 6.45) is 2.94. The van der Waals surface area contributed by atoms with E-state index in [1.807, 2.05) is 0 Å². The van der Waals surface area contributed by atoms with Crippen LogP contribution in [0.2, 0.25) is 10.2 Å². The maximum Gasteiger partial charge on any atom is 0.246 e. The number of halogens is 2. The SMILES string of the molecule is COc1ccc(Cl)cc1NC(=O)CN(C)C(=O)/C=C/c1c(C)nn(C)c1Cl. The van der Waals surface area contributed by atoms with Gasteiger partial charge in [0.15, 0.2) is 0 Å². The number of rotatable bonds is 6. The van der Waals surface area contributed by atoms with Crippen LogP contribution in [-0.2, 0) is 16.6 Å². The summed E-state index contributed by atoms with van der Waals surface area (Å²) in [6.45, 7) is 1.66. The second-order valence-corrected chi connectivity index (χ2v) is 6.63. The van der Waals surface area contributed by atoms with E-state index in [-0.39, 0.29) is 18.4 Å². The molecule has 1 N–H and O–H groups in total. The molecule has 2 amide bonds. The Hall–Kier alpha value is -2.51. The monoisotopic (exact) mass is 410 g/mol. The Balaban J connectivity index is 2.00. The van der Waals surface area contributed by atoms with Gasteiger partial charge in [-0.25, -0.2) is 0 Å². The van der Waals surface area contributed by atoms with Gasteiger partial charge < -0.3 is 15.0 Å². The fourth-order valence-corrected chi connectivity index (χ4v) is 2.79. The van der Waals surface area contributed by atoms with Gasteiger partial charge in [-0.15, -0.1) is 0 Å². The molecule has 0 unspecified atom stereocenters. The van der Waals surface area contributed by atoms with E-state index in [1.54, 1.807) is 38.2 Å². The highest BCUT2D eigenvalue weighted by atomic mass is 35.5. The summed E-state index contributed by atoms with van der Waals surface area (Å²) in [5, 5.41) is 7.75. The van der Waals surface area contributed by atoms with Crippen LogP contribution in [0.3, 0.4) is 0 Å². The predicted octanol–water partition coefficient (Wildman–Crippen LogP) is 3.15. The maximum absolute atomic E-state index is 12.3. The molecule has 0 saturated heterocycles. The molecule has 27 heavy (non-hydrogen) atoms. The summed E-state index contributed by atoms with van der Waals surface area (Å²) < 4.78 is 6.70. The van der Waals surface area contributed by atoms with E-state index in [2.05, 4.69) is 10.4 Å². The van der Waals surface area contributed by atoms with Gasteiger partial charge in [-0.3, -0.25) is 14.3 Å². The Morgan fingerprint density at radius 3 is 2.67 bits per heavy atom. The number of carbonyl (C=O) groups excluding carboxylic acids is 2. The van der Waals surface area contributed by atoms with E-state index < -0.39 is 0 Å². The number of hydrogen-bond acceptors (Lipinski definition) is 4. The highest BCUT2D eigenvalue weighted by molar-refractivity contribution is 6.31. The number of aryl methyl sites for hydroxylation is 2. The van der Waals surface area contributed by atoms with Crippen LogP contribution >= 0.6 is 23.2 Å². The molecule has 0 radical (unpaired) electrons. The number of nitrogens with one attached hydrogen (secondary N) is 1. The number of methoxy groups -OCH3 is 1. The highest BCUT2D eigenvalue weighted by Gasteiger charge is 2.14. The lowest BCUT2D eigenvalue weighted by Crippen LogP contribution is -2.33. The average Bonchev–Trinajstić information content (AvgIpc) is 2.85. The molecule has 144 valence electrons. The number of ether oxygens (including phenoxy) is 1. The largest absolute Gasteiger partial charge is 0.495 e. The van der Waals surface area contributed by atoms with Crippen molar-refractivity contribution in [1.29, 1.82) is 0 Å². The number of likely N-dealkylation sites (N-methyl/N-ethyl adjacent to an activating group) is 1. The van der Waals surface area contributed by atoms with Gasteiger partial charge >= 0.3 is 0 Å². The lowest BCUT2D eigenvalue weighted by molar-refractivity contribution is -0.129. The molecule has 0 aliphatic heterocycles. The summed E-state index contributed by atoms with van der Waals surface area (Å²) >= 11 is 12.1. The molecule has 0 saturated carbocycles. The van der Waals surface area contributed by atoms with E-state index in [9.17, 15) is 9.59 Å². The highest BCUT2D eigenvalue weighted by Crippen LogP contribution is 2.27. The van der Waals surface area contributed by atoms with Crippen molar-refractivity contribution in [3.63, 3.8) is 0 Å². The number of benzene rings is 1. The van der Waals surface area contributed by atoms with Crippen molar-refractivity contribution in [2.75, 3.05) is 26.0 Å². The summed E-state index contributed by atoms with van der Waals surface area (Å²) in [5.74, 6) is -0.249. The molecule has 1 heterocycles. The van der Waals surface area contributed by atoms with E-state index >= 15 is 0 Å². The number of amides is 2. The second-order valence-electron chi connectivity index (χ2n) is 5.83. The Morgan fingerprint density at radius 1 is 1.37 bits per heavy atom. The van der Waals surface area contributed by atoms with Gasteiger partial charge in [0.2, 0.25) is 11.8 Å². The molecule has 2 aromatic rings. The number of aromatic nitrogens is 2. The van der Waals surface area contributed by atoms with Crippen molar-refractivity contribution < 1.29 is 14.3 Å². The van der Waals surface area contributed by atoms with Crippen LogP contribution in [0, 0.1) is 6.92 Å². The van der Waals surface area contributed by atoms with Gasteiger partial charge in [0.1, 0.15) is 10.9 Å². The Labute approximate surface area is 167 Å². The molecule has 0 aliphatic carbocycles. The molecule has 0 fully saturated rings. The molecular weight excluding hydrogens is 391 g/mol. The lowest BCUT2D eigenvalue weighted by atomic mass is 10.2. The zero-order valence-electron chi connectivity index (χ0n) is 15.4. The lowest BCUT2D eigenvalue weighted by Gasteiger charge is -2.16. The molecule has 0 atom stereocenters. The minimum atomic E-state index is -0.379. The van der Waals surface area contributed by atoms with Gasteiger partial charge in [0, 0.05) is 30.8 Å². The van der Waals surface area contributed by atoms with Crippen LogP contribution in [0.4, 0.5) is 5.69 Å². The third kappa shape index (κ3) is 5.24. The number of hydrogen-bond donors (Lipinski definition) is 1. The fraction of sp³-hybridized carbons (Fsp3) is 0.278. The standard InChI is InChI=1S/C18H20Cl2N4O3/c1-11-13(18(20)24(3)22-11)6-8-17(26)23(2)10-16(25)21-14-9-12(19)5-7-15(14)27-4/h5-9H,10H2,1-4H3,(H,21,25)/b8-6+. The van der Waals surface area contributed by atoms with Gasteiger partial charge in [-0.05, 0) is 31.2 Å². The number of nitrogens with zero attached hydrogens (tertiary/aromatic N) is 3. The van der Waals surface area contributed by atoms with Crippen LogP contribution in [0.15, 0.2) is 24.3 Å². The summed E-state index contributed by atoms with van der Waals surface area (Å²) in [5.41, 5.74) is 1.80. The first-order valence-corrected chi connectivity index (χ1v) is 8.74. The van der Waals surface area contributed by atoms with Gasteiger partial charge in [-0.1, -0.05) is 23.2 Å². The zero-order valence-corrected chi connectivity index (χ0v) is 16.9. The zero-order chi connectivity index (χ0) is 20.1. The van der Waals surface area contributed by atoms with Crippen LogP contribution in [0.1, 0.15) is 11.3 Å². The summed E-state index contributed by atoms with van der Waals surface area (Å²) in [6, 6.07) is 4.88. The first-order valence-electron chi connectivity index (χ1n) is 7.98. The topological polar surface area (TPSA) is 76.5 Å². The minimum absolute atomic E-state index is 0.140. The van der Waals surface area contributed by atoms with Crippen molar-refractivity contribution in [2.45, 2.75) is 6.92 Å². The van der Waals surface area contributed by atoms with Crippen molar-refractivity contribution in [2.24, 2.45) is 7.05 Å². The third-order valence-electron chi connectivity index (χ3n) is 3.78. The van der Waals surface area contributed by atoms with E-state index in [1.165, 1.54) is 29.8 Å². The smallest absolute Gasteiger partial charge is 0.246 e. The molecule has 1 aromatic carbocycles. The van der Waals surface area contributed by atoms with Crippen LogP contribution in [-0.4, -0.2) is 47.2 Å². The van der Waals surface area contributed by atoms with E-state index in [0.29, 0.717) is 32.9 Å². The molecule has 7 nitrogen and oxygen atoms in total. The van der Waals surface area contributed by atoms with Crippen molar-refractivity contribution in [3.05, 3.63) is 45.7 Å². The average molecular weight is 411 g/mol. The maximum atomic E-state index is 12.3. The molecule has 0 bridgehead atoms. The Bertz CT molecular complexity index is 893. The predicted molar refractivity (Wildman–Crippen MR) is 106 cm³/mol. The van der Waals surface area contributed by atoms with Crippen LogP contribution in [0.25, 0.3) is 6.08 Å². The third-order valence-corrected chi connectivity index (χ3v) is 4.46. The van der Waals surface area contributed by atoms with Crippen molar-refractivity contribution in [3.8, 4) is 5.75 Å². The normalized spacial score (nSPS) is 10.9. The summed E-state index contributed by atoms with van der Waals surface area (Å²) in [7, 11) is 4.74. The quantitative estimate of drug-likeness (QED) is 0.741. The fourth-order valence-electron chi connectivity index (χ4n) is 2.38. The number of anilines is 1. The van der Waals surface area contributed by atoms with Crippen molar-refractivity contribution >= 4 is 46.8 Å². The van der Waals surface area contributed by atoms with Crippen LogP contribution in [0.5, 0.6) is 5.75 Å². The van der Waals surface area contributed by atoms with Crippen LogP contribution < -0.4 is 10.1 Å². The van der Waals surface area contributed by atoms with E-state index in [0.717, 1.165) is 0 Å². The molecule has 2 rings (SSSR count). The van der Waals surface area contributed by atoms with Crippen molar-refractivity contribution in [1.82, 2.24) is 14.7 Å². The molecular formula is C18H20Cl2N4O3. The molecule has 9 heteroatoms. The minimum Gasteiger partial charge on any atom is -0.495 e. The molecule has 1 aromatic heterocycles.